The molecule has 56 heavy (non-hydrogen) atoms. The van der Waals surface area contributed by atoms with Gasteiger partial charge in [-0.15, -0.1) is 0 Å². The van der Waals surface area contributed by atoms with E-state index in [4.69, 9.17) is 0 Å². The Labute approximate surface area is 327 Å². The van der Waals surface area contributed by atoms with E-state index < -0.39 is 0 Å². The molecular formula is C54H38N2. The summed E-state index contributed by atoms with van der Waals surface area (Å²) in [5.41, 5.74) is 16.5. The summed E-state index contributed by atoms with van der Waals surface area (Å²) in [6.45, 7) is 0. The molecule has 0 N–H and O–H groups in total. The fourth-order valence-corrected chi connectivity index (χ4v) is 8.16. The van der Waals surface area contributed by atoms with Gasteiger partial charge in [-0.1, -0.05) is 176 Å². The van der Waals surface area contributed by atoms with Crippen LogP contribution in [0.2, 0.25) is 0 Å². The van der Waals surface area contributed by atoms with Crippen molar-refractivity contribution in [1.82, 2.24) is 4.57 Å². The van der Waals surface area contributed by atoms with E-state index in [1.54, 1.807) is 0 Å². The molecule has 2 nitrogen and oxygen atoms in total. The van der Waals surface area contributed by atoms with Gasteiger partial charge in [-0.25, -0.2) is 0 Å². The number of hydrogen-bond acceptors (Lipinski definition) is 1. The van der Waals surface area contributed by atoms with E-state index in [1.807, 2.05) is 0 Å². The third-order valence-electron chi connectivity index (χ3n) is 10.8. The van der Waals surface area contributed by atoms with Crippen LogP contribution in [0.3, 0.4) is 0 Å². The van der Waals surface area contributed by atoms with Gasteiger partial charge in [0.2, 0.25) is 0 Å². The van der Waals surface area contributed by atoms with Crippen LogP contribution in [0.5, 0.6) is 0 Å². The molecule has 1 aromatic heterocycles. The summed E-state index contributed by atoms with van der Waals surface area (Å²) in [6.07, 6.45) is 0. The van der Waals surface area contributed by atoms with Crippen molar-refractivity contribution >= 4 is 38.9 Å². The van der Waals surface area contributed by atoms with Gasteiger partial charge in [-0.05, 0) is 93.5 Å². The maximum Gasteiger partial charge on any atom is 0.0541 e. The molecule has 1 heterocycles. The number of benzene rings is 9. The van der Waals surface area contributed by atoms with Crippen molar-refractivity contribution in [3.63, 3.8) is 0 Å². The zero-order chi connectivity index (χ0) is 37.3. The normalized spacial score (nSPS) is 11.2. The fourth-order valence-electron chi connectivity index (χ4n) is 8.16. The van der Waals surface area contributed by atoms with Crippen LogP contribution in [-0.2, 0) is 0 Å². The molecule has 0 saturated carbocycles. The third-order valence-corrected chi connectivity index (χ3v) is 10.8. The minimum absolute atomic E-state index is 1.09. The molecule has 0 radical (unpaired) electrons. The predicted octanol–water partition coefficient (Wildman–Crippen LogP) is 14.9. The molecule has 0 aliphatic carbocycles. The molecule has 0 aliphatic heterocycles. The summed E-state index contributed by atoms with van der Waals surface area (Å²) < 4.78 is 2.41. The van der Waals surface area contributed by atoms with Crippen LogP contribution in [0.4, 0.5) is 17.1 Å². The van der Waals surface area contributed by atoms with Gasteiger partial charge in [0.05, 0.1) is 16.7 Å². The van der Waals surface area contributed by atoms with E-state index in [9.17, 15) is 0 Å². The zero-order valence-corrected chi connectivity index (χ0v) is 30.8. The van der Waals surface area contributed by atoms with Crippen molar-refractivity contribution in [2.75, 3.05) is 4.90 Å². The van der Waals surface area contributed by atoms with Crippen LogP contribution >= 0.6 is 0 Å². The first-order valence-electron chi connectivity index (χ1n) is 19.2. The number of para-hydroxylation sites is 3. The lowest BCUT2D eigenvalue weighted by molar-refractivity contribution is 1.18. The van der Waals surface area contributed by atoms with Crippen molar-refractivity contribution in [2.45, 2.75) is 0 Å². The standard InChI is InChI=1S/C54H38N2/c1-3-15-39(16-4-1)40-27-33-44(34-28-40)55(45-35-29-42(30-36-45)48-20-8-7-19-47(48)41-17-5-2-6-18-41)46-37-31-43(32-38-46)49-21-9-12-24-52(49)56-53-25-13-10-22-50(53)51-23-11-14-26-54(51)56/h1-38H. The van der Waals surface area contributed by atoms with Gasteiger partial charge in [0, 0.05) is 33.4 Å². The number of rotatable bonds is 8. The Hall–Kier alpha value is -7.42. The van der Waals surface area contributed by atoms with Crippen LogP contribution in [0.1, 0.15) is 0 Å². The van der Waals surface area contributed by atoms with E-state index in [-0.39, 0.29) is 0 Å². The molecule has 0 atom stereocenters. The average molecular weight is 715 g/mol. The van der Waals surface area contributed by atoms with Gasteiger partial charge >= 0.3 is 0 Å². The minimum atomic E-state index is 1.09. The largest absolute Gasteiger partial charge is 0.311 e. The average Bonchev–Trinajstić information content (AvgIpc) is 3.62. The van der Waals surface area contributed by atoms with Gasteiger partial charge < -0.3 is 9.47 Å². The first-order valence-corrected chi connectivity index (χ1v) is 19.2. The van der Waals surface area contributed by atoms with Crippen molar-refractivity contribution < 1.29 is 0 Å². The highest BCUT2D eigenvalue weighted by molar-refractivity contribution is 6.09. The first kappa shape index (κ1) is 33.2. The van der Waals surface area contributed by atoms with Crippen molar-refractivity contribution in [2.24, 2.45) is 0 Å². The Kier molecular flexibility index (Phi) is 8.55. The summed E-state index contributed by atoms with van der Waals surface area (Å²) in [5, 5.41) is 2.52. The number of aromatic nitrogens is 1. The highest BCUT2D eigenvalue weighted by Crippen LogP contribution is 2.41. The minimum Gasteiger partial charge on any atom is -0.311 e. The van der Waals surface area contributed by atoms with Gasteiger partial charge in [0.25, 0.3) is 0 Å². The Morgan fingerprint density at radius 3 is 1.11 bits per heavy atom. The number of hydrogen-bond donors (Lipinski definition) is 0. The molecule has 264 valence electrons. The highest BCUT2D eigenvalue weighted by Gasteiger charge is 2.17. The molecule has 10 aromatic rings. The lowest BCUT2D eigenvalue weighted by Crippen LogP contribution is -2.10. The zero-order valence-electron chi connectivity index (χ0n) is 30.8. The SMILES string of the molecule is c1ccc(-c2ccc(N(c3ccc(-c4ccccc4-c4ccccc4)cc3)c3ccc(-c4ccccc4-n4c5ccccc5c5ccccc54)cc3)cc2)cc1. The highest BCUT2D eigenvalue weighted by atomic mass is 15.1. The maximum atomic E-state index is 2.41. The van der Waals surface area contributed by atoms with Crippen molar-refractivity contribution in [1.29, 1.82) is 0 Å². The molecule has 0 bridgehead atoms. The third kappa shape index (κ3) is 6.04. The van der Waals surface area contributed by atoms with Crippen molar-refractivity contribution in [3.8, 4) is 50.2 Å². The lowest BCUT2D eigenvalue weighted by Gasteiger charge is -2.26. The quantitative estimate of drug-likeness (QED) is 0.152. The summed E-state index contributed by atoms with van der Waals surface area (Å²) >= 11 is 0. The van der Waals surface area contributed by atoms with E-state index in [2.05, 4.69) is 240 Å². The number of anilines is 3. The Balaban J connectivity index is 1.05. The second-order valence-electron chi connectivity index (χ2n) is 14.1. The maximum absolute atomic E-state index is 2.41. The van der Waals surface area contributed by atoms with Crippen LogP contribution in [-0.4, -0.2) is 4.57 Å². The monoisotopic (exact) mass is 714 g/mol. The molecular weight excluding hydrogens is 677 g/mol. The summed E-state index contributed by atoms with van der Waals surface area (Å²) in [6, 6.07) is 82.9. The molecule has 0 saturated heterocycles. The Morgan fingerprint density at radius 2 is 0.589 bits per heavy atom. The second kappa shape index (κ2) is 14.4. The fraction of sp³-hybridized carbons (Fsp3) is 0. The summed E-state index contributed by atoms with van der Waals surface area (Å²) in [4.78, 5) is 2.35. The van der Waals surface area contributed by atoms with Gasteiger partial charge in [0.15, 0.2) is 0 Å². The van der Waals surface area contributed by atoms with Crippen LogP contribution < -0.4 is 4.90 Å². The van der Waals surface area contributed by atoms with Gasteiger partial charge in [0.1, 0.15) is 0 Å². The van der Waals surface area contributed by atoms with E-state index >= 15 is 0 Å². The lowest BCUT2D eigenvalue weighted by atomic mass is 9.94. The van der Waals surface area contributed by atoms with Gasteiger partial charge in [-0.2, -0.15) is 0 Å². The Bertz CT molecular complexity index is 2870. The summed E-state index contributed by atoms with van der Waals surface area (Å²) in [7, 11) is 0. The second-order valence-corrected chi connectivity index (χ2v) is 14.1. The topological polar surface area (TPSA) is 8.17 Å². The number of fused-ring (bicyclic) bond motifs is 3. The smallest absolute Gasteiger partial charge is 0.0541 e. The first-order chi connectivity index (χ1) is 27.8. The molecule has 9 aromatic carbocycles. The van der Waals surface area contributed by atoms with E-state index in [0.29, 0.717) is 0 Å². The van der Waals surface area contributed by atoms with E-state index in [1.165, 1.54) is 66.3 Å². The molecule has 0 unspecified atom stereocenters. The van der Waals surface area contributed by atoms with E-state index in [0.717, 1.165) is 22.7 Å². The molecule has 0 aliphatic rings. The summed E-state index contributed by atoms with van der Waals surface area (Å²) in [5.74, 6) is 0. The van der Waals surface area contributed by atoms with Crippen LogP contribution in [0.15, 0.2) is 231 Å². The molecule has 2 heteroatoms. The Morgan fingerprint density at radius 1 is 0.250 bits per heavy atom. The van der Waals surface area contributed by atoms with Crippen LogP contribution in [0, 0.1) is 0 Å². The number of nitrogens with zero attached hydrogens (tertiary/aromatic N) is 2. The molecule has 0 amide bonds. The van der Waals surface area contributed by atoms with Crippen molar-refractivity contribution in [3.05, 3.63) is 231 Å². The molecule has 10 rings (SSSR count). The van der Waals surface area contributed by atoms with Gasteiger partial charge in [-0.3, -0.25) is 0 Å². The molecule has 0 fully saturated rings. The van der Waals surface area contributed by atoms with Crippen LogP contribution in [0.25, 0.3) is 72.0 Å². The predicted molar refractivity (Wildman–Crippen MR) is 237 cm³/mol. The molecule has 0 spiro atoms.